The third-order valence-corrected chi connectivity index (χ3v) is 5.46. The number of carbonyl (C=O) groups is 1. The molecule has 1 aliphatic heterocycles. The van der Waals surface area contributed by atoms with E-state index in [1.807, 2.05) is 0 Å². The molecular weight excluding hydrogens is 362 g/mol. The van der Waals surface area contributed by atoms with Gasteiger partial charge in [-0.1, -0.05) is 37.2 Å². The molecule has 0 spiro atoms. The number of hydrogen-bond donors (Lipinski definition) is 4. The molecule has 10 heteroatoms. The smallest absolute Gasteiger partial charge is 0.271 e. The number of fused-ring (bicyclic) bond motifs is 3. The van der Waals surface area contributed by atoms with Crippen molar-refractivity contribution in [3.63, 3.8) is 0 Å². The van der Waals surface area contributed by atoms with E-state index in [0.29, 0.717) is 27.9 Å². The molecule has 0 fully saturated rings. The molecule has 0 aromatic carbocycles. The van der Waals surface area contributed by atoms with Gasteiger partial charge < -0.3 is 16.4 Å². The number of aromatic amines is 1. The number of nitrogen functional groups attached to an aromatic ring is 1. The zero-order valence-corrected chi connectivity index (χ0v) is 15.1. The fraction of sp³-hybridized carbons (Fsp3) is 0.333. The van der Waals surface area contributed by atoms with Crippen molar-refractivity contribution in [3.8, 4) is 11.4 Å². The van der Waals surface area contributed by atoms with Crippen LogP contribution in [0.1, 0.15) is 35.5 Å². The number of carbonyl (C=O) groups excluding carboxylic acids is 1. The number of hydrogen-bond acceptors (Lipinski definition) is 7. The van der Waals surface area contributed by atoms with Crippen LogP contribution < -0.4 is 16.4 Å². The first kappa shape index (κ1) is 16.2. The predicted octanol–water partition coefficient (Wildman–Crippen LogP) is 1.67. The molecule has 4 rings (SSSR count). The van der Waals surface area contributed by atoms with Gasteiger partial charge in [0.25, 0.3) is 5.91 Å². The topological polar surface area (TPSA) is 122 Å². The number of nitrogens with one attached hydrogen (secondary N) is 3. The Hall–Kier alpha value is -2.26. The molecule has 5 N–H and O–H groups in total. The van der Waals surface area contributed by atoms with E-state index in [9.17, 15) is 4.79 Å². The molecule has 1 amide bonds. The average molecular weight is 378 g/mol. The second kappa shape index (κ2) is 5.63. The van der Waals surface area contributed by atoms with E-state index >= 15 is 0 Å². The SMILES string of the molecule is CC1(C)Cc2cnc(N)nc2-c2n[nH]c(C(=O)NC3NC=C(Cl)S3)c21. The van der Waals surface area contributed by atoms with Gasteiger partial charge >= 0.3 is 0 Å². The minimum absolute atomic E-state index is 0.186. The summed E-state index contributed by atoms with van der Waals surface area (Å²) in [6, 6.07) is 0. The van der Waals surface area contributed by atoms with Gasteiger partial charge in [-0.05, 0) is 17.4 Å². The quantitative estimate of drug-likeness (QED) is 0.628. The molecule has 8 nitrogen and oxygen atoms in total. The number of anilines is 1. The molecule has 0 bridgehead atoms. The lowest BCUT2D eigenvalue weighted by Gasteiger charge is -2.31. The molecule has 0 saturated heterocycles. The highest BCUT2D eigenvalue weighted by Gasteiger charge is 2.39. The van der Waals surface area contributed by atoms with E-state index in [1.165, 1.54) is 11.8 Å². The van der Waals surface area contributed by atoms with Crippen molar-refractivity contribution in [1.82, 2.24) is 30.8 Å². The monoisotopic (exact) mass is 377 g/mol. The second-order valence-electron chi connectivity index (χ2n) is 6.57. The fourth-order valence-electron chi connectivity index (χ4n) is 3.24. The summed E-state index contributed by atoms with van der Waals surface area (Å²) in [5, 5.41) is 13.1. The van der Waals surface area contributed by atoms with Gasteiger partial charge in [0.2, 0.25) is 5.95 Å². The fourth-order valence-corrected chi connectivity index (χ4v) is 4.23. The van der Waals surface area contributed by atoms with Gasteiger partial charge in [-0.25, -0.2) is 9.97 Å². The normalized spacial score (nSPS) is 20.3. The largest absolute Gasteiger partial charge is 0.368 e. The lowest BCUT2D eigenvalue weighted by molar-refractivity contribution is 0.0940. The Kier molecular flexibility index (Phi) is 3.66. The molecule has 0 radical (unpaired) electrons. The minimum atomic E-state index is -0.309. The lowest BCUT2D eigenvalue weighted by atomic mass is 9.73. The second-order valence-corrected chi connectivity index (χ2v) is 8.35. The van der Waals surface area contributed by atoms with Gasteiger partial charge in [-0.15, -0.1) is 0 Å². The van der Waals surface area contributed by atoms with E-state index in [2.05, 4.69) is 44.6 Å². The Bertz CT molecular complexity index is 907. The number of thioether (sulfide) groups is 1. The van der Waals surface area contributed by atoms with E-state index in [0.717, 1.165) is 11.1 Å². The predicted molar refractivity (Wildman–Crippen MR) is 96.7 cm³/mol. The maximum absolute atomic E-state index is 12.7. The summed E-state index contributed by atoms with van der Waals surface area (Å²) in [6.45, 7) is 4.14. The summed E-state index contributed by atoms with van der Waals surface area (Å²) in [7, 11) is 0. The first-order valence-electron chi connectivity index (χ1n) is 7.65. The maximum atomic E-state index is 12.7. The first-order chi connectivity index (χ1) is 11.8. The van der Waals surface area contributed by atoms with E-state index < -0.39 is 0 Å². The van der Waals surface area contributed by atoms with Crippen molar-refractivity contribution < 1.29 is 4.79 Å². The number of halogens is 1. The molecule has 2 aliphatic rings. The molecular formula is C15H16ClN7OS. The van der Waals surface area contributed by atoms with Gasteiger partial charge in [0.1, 0.15) is 11.4 Å². The third-order valence-electron chi connectivity index (χ3n) is 4.25. The van der Waals surface area contributed by atoms with Crippen molar-refractivity contribution in [2.24, 2.45) is 0 Å². The van der Waals surface area contributed by atoms with Crippen LogP contribution in [0.4, 0.5) is 5.95 Å². The van der Waals surface area contributed by atoms with Crippen molar-refractivity contribution in [2.45, 2.75) is 31.2 Å². The summed E-state index contributed by atoms with van der Waals surface area (Å²) in [5.41, 5.74) is 8.66. The average Bonchev–Trinajstić information content (AvgIpc) is 3.15. The number of amides is 1. The van der Waals surface area contributed by atoms with Gasteiger partial charge in [0.05, 0.1) is 10.1 Å². The van der Waals surface area contributed by atoms with E-state index in [1.54, 1.807) is 12.4 Å². The molecule has 2 aromatic rings. The Morgan fingerprint density at radius 3 is 3.00 bits per heavy atom. The highest BCUT2D eigenvalue weighted by atomic mass is 35.5. The molecule has 1 atom stereocenters. The van der Waals surface area contributed by atoms with Crippen LogP contribution in [-0.4, -0.2) is 31.6 Å². The summed E-state index contributed by atoms with van der Waals surface area (Å²) in [6.07, 6.45) is 4.07. The van der Waals surface area contributed by atoms with Crippen LogP contribution in [0.15, 0.2) is 16.8 Å². The molecule has 1 aliphatic carbocycles. The summed E-state index contributed by atoms with van der Waals surface area (Å²) >= 11 is 7.24. The van der Waals surface area contributed by atoms with Gasteiger partial charge in [0.15, 0.2) is 5.50 Å². The summed E-state index contributed by atoms with van der Waals surface area (Å²) in [5.74, 6) is -0.0669. The molecule has 3 heterocycles. The Morgan fingerprint density at radius 1 is 1.48 bits per heavy atom. The first-order valence-corrected chi connectivity index (χ1v) is 8.91. The van der Waals surface area contributed by atoms with Crippen molar-refractivity contribution in [1.29, 1.82) is 0 Å². The number of rotatable bonds is 2. The van der Waals surface area contributed by atoms with Crippen LogP contribution >= 0.6 is 23.4 Å². The molecule has 0 saturated carbocycles. The lowest BCUT2D eigenvalue weighted by Crippen LogP contribution is -2.40. The Labute approximate surface area is 153 Å². The summed E-state index contributed by atoms with van der Waals surface area (Å²) in [4.78, 5) is 21.1. The van der Waals surface area contributed by atoms with Crippen molar-refractivity contribution in [3.05, 3.63) is 33.6 Å². The van der Waals surface area contributed by atoms with Gasteiger partial charge in [-0.3, -0.25) is 9.89 Å². The molecule has 130 valence electrons. The van der Waals surface area contributed by atoms with E-state index in [4.69, 9.17) is 17.3 Å². The van der Waals surface area contributed by atoms with Crippen LogP contribution in [-0.2, 0) is 11.8 Å². The van der Waals surface area contributed by atoms with Gasteiger partial charge in [0, 0.05) is 18.0 Å². The Balaban J connectivity index is 1.72. The number of aromatic nitrogens is 4. The number of H-pyrrole nitrogens is 1. The van der Waals surface area contributed by atoms with Crippen LogP contribution in [0.5, 0.6) is 0 Å². The third kappa shape index (κ3) is 2.73. The van der Waals surface area contributed by atoms with Crippen LogP contribution in [0.25, 0.3) is 11.4 Å². The molecule has 25 heavy (non-hydrogen) atoms. The number of nitrogens with two attached hydrogens (primary N) is 1. The standard InChI is InChI=1S/C15H16ClN7OS/c1-15(2)3-6-4-18-13(17)20-9(6)10-8(15)11(23-22-10)12(24)21-14-19-5-7(16)25-14/h4-5,14,19H,3H2,1-2H3,(H,21,24)(H,22,23)(H2,17,18,20). The zero-order valence-electron chi connectivity index (χ0n) is 13.6. The van der Waals surface area contributed by atoms with Gasteiger partial charge in [-0.2, -0.15) is 5.10 Å². The van der Waals surface area contributed by atoms with Crippen LogP contribution in [0, 0.1) is 0 Å². The molecule has 2 aromatic heterocycles. The zero-order chi connectivity index (χ0) is 17.8. The summed E-state index contributed by atoms with van der Waals surface area (Å²) < 4.78 is 0.596. The van der Waals surface area contributed by atoms with Crippen molar-refractivity contribution in [2.75, 3.05) is 5.73 Å². The van der Waals surface area contributed by atoms with Crippen LogP contribution in [0.3, 0.4) is 0 Å². The minimum Gasteiger partial charge on any atom is -0.368 e. The van der Waals surface area contributed by atoms with E-state index in [-0.39, 0.29) is 22.8 Å². The van der Waals surface area contributed by atoms with Crippen LogP contribution in [0.2, 0.25) is 0 Å². The highest BCUT2D eigenvalue weighted by molar-refractivity contribution is 8.05. The highest BCUT2D eigenvalue weighted by Crippen LogP contribution is 2.42. The Morgan fingerprint density at radius 2 is 2.28 bits per heavy atom. The van der Waals surface area contributed by atoms with Crippen molar-refractivity contribution >= 4 is 35.2 Å². The maximum Gasteiger partial charge on any atom is 0.271 e. The number of nitrogens with zero attached hydrogens (tertiary/aromatic N) is 3. The molecule has 1 unspecified atom stereocenters.